The van der Waals surface area contributed by atoms with Gasteiger partial charge < -0.3 is 14.7 Å². The summed E-state index contributed by atoms with van der Waals surface area (Å²) in [5, 5.41) is 11.6. The molecule has 2 fully saturated rings. The van der Waals surface area contributed by atoms with Gasteiger partial charge in [-0.1, -0.05) is 54.1 Å². The van der Waals surface area contributed by atoms with Crippen LogP contribution >= 0.6 is 11.6 Å². The molecule has 2 aromatic rings. The van der Waals surface area contributed by atoms with Crippen molar-refractivity contribution >= 4 is 11.6 Å². The summed E-state index contributed by atoms with van der Waals surface area (Å²) in [6.45, 7) is 2.72. The van der Waals surface area contributed by atoms with Gasteiger partial charge in [0.05, 0.1) is 5.60 Å². The smallest absolute Gasteiger partial charge is 0.110 e. The van der Waals surface area contributed by atoms with E-state index in [9.17, 15) is 5.11 Å². The van der Waals surface area contributed by atoms with Crippen molar-refractivity contribution in [2.75, 3.05) is 19.6 Å². The molecule has 4 heteroatoms. The molecule has 2 aliphatic heterocycles. The number of hydrogen-bond acceptors (Lipinski definition) is 3. The van der Waals surface area contributed by atoms with Crippen LogP contribution in [0.2, 0.25) is 5.02 Å². The molecule has 0 amide bonds. The molecule has 2 saturated heterocycles. The van der Waals surface area contributed by atoms with E-state index in [2.05, 4.69) is 29.2 Å². The van der Waals surface area contributed by atoms with Gasteiger partial charge in [0, 0.05) is 24.7 Å². The molecule has 1 N–H and O–H groups in total. The van der Waals surface area contributed by atoms with E-state index >= 15 is 0 Å². The Balaban J connectivity index is 1.31. The number of benzene rings is 2. The van der Waals surface area contributed by atoms with Crippen LogP contribution in [0.5, 0.6) is 0 Å². The Hall–Kier alpha value is -1.39. The van der Waals surface area contributed by atoms with E-state index in [0.717, 1.165) is 38.0 Å². The van der Waals surface area contributed by atoms with Gasteiger partial charge in [0.25, 0.3) is 0 Å². The summed E-state index contributed by atoms with van der Waals surface area (Å²) in [6.07, 6.45) is 2.02. The van der Waals surface area contributed by atoms with Crippen LogP contribution in [0, 0.1) is 0 Å². The number of likely N-dealkylation sites (tertiary alicyclic amines) is 1. The maximum atomic E-state index is 10.9. The first-order valence-electron chi connectivity index (χ1n) is 8.55. The highest BCUT2D eigenvalue weighted by Gasteiger charge is 2.42. The van der Waals surface area contributed by atoms with Crippen LogP contribution in [0.25, 0.3) is 0 Å². The minimum Gasteiger partial charge on any atom is -0.385 e. The van der Waals surface area contributed by atoms with Crippen molar-refractivity contribution in [3.63, 3.8) is 0 Å². The highest BCUT2D eigenvalue weighted by atomic mass is 35.5. The summed E-state index contributed by atoms with van der Waals surface area (Å²) in [7, 11) is 0. The second-order valence-corrected chi connectivity index (χ2v) is 7.28. The van der Waals surface area contributed by atoms with Crippen LogP contribution in [0.3, 0.4) is 0 Å². The zero-order valence-corrected chi connectivity index (χ0v) is 14.3. The fraction of sp³-hybridized carbons (Fsp3) is 0.400. The first-order chi connectivity index (χ1) is 11.6. The number of epoxide rings is 1. The summed E-state index contributed by atoms with van der Waals surface area (Å²) in [4.78, 5) is 2.40. The van der Waals surface area contributed by atoms with Gasteiger partial charge >= 0.3 is 0 Å². The lowest BCUT2D eigenvalue weighted by atomic mass is 9.84. The van der Waals surface area contributed by atoms with Gasteiger partial charge in [0.1, 0.15) is 12.2 Å². The molecule has 0 aromatic heterocycles. The van der Waals surface area contributed by atoms with Crippen LogP contribution in [-0.4, -0.2) is 35.7 Å². The monoisotopic (exact) mass is 343 g/mol. The van der Waals surface area contributed by atoms with Gasteiger partial charge in [-0.3, -0.25) is 0 Å². The van der Waals surface area contributed by atoms with Crippen LogP contribution in [0.15, 0.2) is 54.6 Å². The van der Waals surface area contributed by atoms with Crippen molar-refractivity contribution in [1.29, 1.82) is 0 Å². The molecule has 4 rings (SSSR count). The molecule has 126 valence electrons. The predicted octanol–water partition coefficient (Wildman–Crippen LogP) is 3.76. The van der Waals surface area contributed by atoms with Gasteiger partial charge in [-0.25, -0.2) is 0 Å². The van der Waals surface area contributed by atoms with Gasteiger partial charge in [0.2, 0.25) is 0 Å². The fourth-order valence-corrected chi connectivity index (χ4v) is 3.75. The van der Waals surface area contributed by atoms with E-state index in [4.69, 9.17) is 16.3 Å². The number of nitrogens with zero attached hydrogens (tertiary/aromatic N) is 1. The SMILES string of the molecule is OC1(c2ccc(Cl)cc2)CCN(CC2OC2c2ccccc2)CC1. The molecule has 0 saturated carbocycles. The summed E-state index contributed by atoms with van der Waals surface area (Å²) in [5.74, 6) is 0. The molecule has 24 heavy (non-hydrogen) atoms. The minimum absolute atomic E-state index is 0.239. The van der Waals surface area contributed by atoms with Crippen LogP contribution in [0.1, 0.15) is 30.1 Å². The Labute approximate surface area is 147 Å². The third kappa shape index (κ3) is 3.35. The lowest BCUT2D eigenvalue weighted by Gasteiger charge is -2.38. The second-order valence-electron chi connectivity index (χ2n) is 6.84. The highest BCUT2D eigenvalue weighted by Crippen LogP contribution is 2.40. The second kappa shape index (κ2) is 6.49. The van der Waals surface area contributed by atoms with Gasteiger partial charge in [-0.15, -0.1) is 0 Å². The third-order valence-electron chi connectivity index (χ3n) is 5.21. The number of piperidine rings is 1. The summed E-state index contributed by atoms with van der Waals surface area (Å²) in [6, 6.07) is 18.0. The van der Waals surface area contributed by atoms with Crippen LogP contribution in [-0.2, 0) is 10.3 Å². The third-order valence-corrected chi connectivity index (χ3v) is 5.47. The lowest BCUT2D eigenvalue weighted by molar-refractivity contribution is -0.0269. The van der Waals surface area contributed by atoms with E-state index in [1.54, 1.807) is 0 Å². The van der Waals surface area contributed by atoms with Crippen molar-refractivity contribution in [1.82, 2.24) is 4.90 Å². The number of ether oxygens (including phenoxy) is 1. The molecule has 2 heterocycles. The topological polar surface area (TPSA) is 36.0 Å². The van der Waals surface area contributed by atoms with E-state index in [-0.39, 0.29) is 12.2 Å². The molecular formula is C20H22ClNO2. The molecule has 2 aliphatic rings. The maximum Gasteiger partial charge on any atom is 0.110 e. The van der Waals surface area contributed by atoms with Gasteiger partial charge in [0.15, 0.2) is 0 Å². The Kier molecular flexibility index (Phi) is 4.35. The maximum absolute atomic E-state index is 10.9. The Morgan fingerprint density at radius 2 is 1.71 bits per heavy atom. The molecule has 0 bridgehead atoms. The van der Waals surface area contributed by atoms with Crippen molar-refractivity contribution in [3.8, 4) is 0 Å². The molecule has 2 aromatic carbocycles. The van der Waals surface area contributed by atoms with E-state index in [1.165, 1.54) is 5.56 Å². The van der Waals surface area contributed by atoms with Gasteiger partial charge in [-0.2, -0.15) is 0 Å². The molecule has 0 radical (unpaired) electrons. The standard InChI is InChI=1S/C20H22ClNO2/c21-17-8-6-16(7-9-17)20(23)10-12-22(13-11-20)14-18-19(24-18)15-4-2-1-3-5-15/h1-9,18-19,23H,10-14H2. The number of halogens is 1. The molecule has 0 spiro atoms. The Bertz CT molecular complexity index is 681. The summed E-state index contributed by atoms with van der Waals surface area (Å²) in [5.41, 5.74) is 1.50. The molecule has 0 aliphatic carbocycles. The minimum atomic E-state index is -0.732. The van der Waals surface area contributed by atoms with Crippen LogP contribution < -0.4 is 0 Å². The number of aliphatic hydroxyl groups is 1. The van der Waals surface area contributed by atoms with E-state index in [1.807, 2.05) is 30.3 Å². The van der Waals surface area contributed by atoms with E-state index < -0.39 is 5.60 Å². The van der Waals surface area contributed by atoms with Crippen molar-refractivity contribution in [3.05, 3.63) is 70.7 Å². The van der Waals surface area contributed by atoms with Gasteiger partial charge in [-0.05, 0) is 36.1 Å². The average molecular weight is 344 g/mol. The summed E-state index contributed by atoms with van der Waals surface area (Å²) < 4.78 is 5.84. The summed E-state index contributed by atoms with van der Waals surface area (Å²) >= 11 is 5.94. The normalized spacial score (nSPS) is 26.2. The zero-order chi connectivity index (χ0) is 16.6. The van der Waals surface area contributed by atoms with Crippen molar-refractivity contribution in [2.24, 2.45) is 0 Å². The predicted molar refractivity (Wildman–Crippen MR) is 95.1 cm³/mol. The number of rotatable bonds is 4. The molecule has 3 nitrogen and oxygen atoms in total. The zero-order valence-electron chi connectivity index (χ0n) is 13.6. The fourth-order valence-electron chi connectivity index (χ4n) is 3.63. The Morgan fingerprint density at radius 3 is 2.38 bits per heavy atom. The molecule has 2 unspecified atom stereocenters. The average Bonchev–Trinajstić information content (AvgIpc) is 3.38. The lowest BCUT2D eigenvalue weighted by Crippen LogP contribution is -2.43. The molecular weight excluding hydrogens is 322 g/mol. The molecule has 2 atom stereocenters. The first-order valence-corrected chi connectivity index (χ1v) is 8.93. The highest BCUT2D eigenvalue weighted by molar-refractivity contribution is 6.30. The van der Waals surface area contributed by atoms with E-state index in [0.29, 0.717) is 5.02 Å². The largest absolute Gasteiger partial charge is 0.385 e. The van der Waals surface area contributed by atoms with Crippen molar-refractivity contribution < 1.29 is 9.84 Å². The quantitative estimate of drug-likeness (QED) is 0.858. The van der Waals surface area contributed by atoms with Crippen molar-refractivity contribution in [2.45, 2.75) is 30.7 Å². The number of hydrogen-bond donors (Lipinski definition) is 1. The first kappa shape index (κ1) is 16.1. The van der Waals surface area contributed by atoms with Crippen LogP contribution in [0.4, 0.5) is 0 Å². The Morgan fingerprint density at radius 1 is 1.04 bits per heavy atom.